The van der Waals surface area contributed by atoms with Gasteiger partial charge in [0.25, 0.3) is 10.0 Å². The normalized spacial score (nSPS) is 22.5. The van der Waals surface area contributed by atoms with E-state index in [4.69, 9.17) is 4.74 Å². The van der Waals surface area contributed by atoms with Crippen LogP contribution in [0.1, 0.15) is 31.2 Å². The topological polar surface area (TPSA) is 59.5 Å². The number of rotatable bonds is 3. The summed E-state index contributed by atoms with van der Waals surface area (Å²) in [6.45, 7) is 0.725. The molecule has 1 aromatic rings. The van der Waals surface area contributed by atoms with Crippen LogP contribution in [0, 0.1) is 5.41 Å². The van der Waals surface area contributed by atoms with Gasteiger partial charge in [0, 0.05) is 26.4 Å². The van der Waals surface area contributed by atoms with Gasteiger partial charge in [-0.2, -0.15) is 17.5 Å². The Balaban J connectivity index is 1.68. The van der Waals surface area contributed by atoms with Crippen LogP contribution in [0.5, 0.6) is 0 Å². The van der Waals surface area contributed by atoms with Crippen LogP contribution in [-0.2, 0) is 20.9 Å². The van der Waals surface area contributed by atoms with Gasteiger partial charge in [-0.05, 0) is 43.2 Å². The average molecular weight is 364 g/mol. The first-order chi connectivity index (χ1) is 11.2. The molecule has 0 aromatic carbocycles. The molecule has 1 aromatic heterocycles. The van der Waals surface area contributed by atoms with Gasteiger partial charge in [0.2, 0.25) is 0 Å². The van der Waals surface area contributed by atoms with Crippen LogP contribution in [0.15, 0.2) is 23.4 Å². The smallest absolute Gasteiger partial charge is 0.381 e. The highest BCUT2D eigenvalue weighted by molar-refractivity contribution is 7.89. The number of sulfonamides is 1. The highest BCUT2D eigenvalue weighted by Gasteiger charge is 2.47. The van der Waals surface area contributed by atoms with Gasteiger partial charge in [0.05, 0.1) is 11.7 Å². The zero-order valence-corrected chi connectivity index (χ0v) is 14.0. The lowest BCUT2D eigenvalue weighted by Gasteiger charge is -2.51. The summed E-state index contributed by atoms with van der Waals surface area (Å²) >= 11 is 0. The monoisotopic (exact) mass is 364 g/mol. The second kappa shape index (κ2) is 5.96. The number of aromatic nitrogens is 1. The van der Waals surface area contributed by atoms with Crippen molar-refractivity contribution in [1.29, 1.82) is 0 Å². The van der Waals surface area contributed by atoms with Gasteiger partial charge in [-0.15, -0.1) is 0 Å². The minimum Gasteiger partial charge on any atom is -0.381 e. The zero-order chi connectivity index (χ0) is 17.6. The predicted octanol–water partition coefficient (Wildman–Crippen LogP) is 2.68. The Labute approximate surface area is 138 Å². The van der Waals surface area contributed by atoms with Crippen LogP contribution in [0.2, 0.25) is 0 Å². The van der Waals surface area contributed by atoms with Gasteiger partial charge in [-0.25, -0.2) is 13.4 Å². The third-order valence-corrected chi connectivity index (χ3v) is 6.92. The molecule has 2 fully saturated rings. The molecular formula is C15H19F3N2O3S. The van der Waals surface area contributed by atoms with E-state index in [0.29, 0.717) is 19.3 Å². The molecule has 0 bridgehead atoms. The summed E-state index contributed by atoms with van der Waals surface area (Å²) in [7, 11) is -2.18. The minimum atomic E-state index is -4.53. The average Bonchev–Trinajstić information content (AvgIpc) is 2.52. The number of alkyl halides is 3. The number of ether oxygens (including phenoxy) is 1. The maximum Gasteiger partial charge on any atom is 0.417 e. The molecule has 24 heavy (non-hydrogen) atoms. The Morgan fingerprint density at radius 2 is 1.88 bits per heavy atom. The maximum absolute atomic E-state index is 12.6. The number of nitrogens with zero attached hydrogens (tertiary/aromatic N) is 2. The first kappa shape index (κ1) is 17.6. The van der Waals surface area contributed by atoms with Crippen molar-refractivity contribution in [2.45, 2.75) is 43.0 Å². The van der Waals surface area contributed by atoms with Gasteiger partial charge in [0.1, 0.15) is 0 Å². The van der Waals surface area contributed by atoms with Crippen molar-refractivity contribution < 1.29 is 26.3 Å². The molecule has 3 rings (SSSR count). The van der Waals surface area contributed by atoms with E-state index in [9.17, 15) is 21.6 Å². The van der Waals surface area contributed by atoms with E-state index in [1.54, 1.807) is 7.11 Å². The first-order valence-corrected chi connectivity index (χ1v) is 9.17. The van der Waals surface area contributed by atoms with Crippen molar-refractivity contribution in [1.82, 2.24) is 9.29 Å². The minimum absolute atomic E-state index is 0.153. The molecule has 5 nitrogen and oxygen atoms in total. The van der Waals surface area contributed by atoms with Crippen molar-refractivity contribution in [3.63, 3.8) is 0 Å². The van der Waals surface area contributed by atoms with Gasteiger partial charge in [-0.3, -0.25) is 0 Å². The number of halogens is 3. The molecule has 2 heterocycles. The number of pyridine rings is 1. The Hall–Kier alpha value is -1.19. The van der Waals surface area contributed by atoms with Crippen LogP contribution in [0.3, 0.4) is 0 Å². The van der Waals surface area contributed by atoms with Gasteiger partial charge in [0.15, 0.2) is 5.03 Å². The summed E-state index contributed by atoms with van der Waals surface area (Å²) in [5, 5.41) is -0.338. The quantitative estimate of drug-likeness (QED) is 0.827. The van der Waals surface area contributed by atoms with Crippen molar-refractivity contribution in [3.05, 3.63) is 23.9 Å². The summed E-state index contributed by atoms with van der Waals surface area (Å²) in [6.07, 6.45) is -0.349. The van der Waals surface area contributed by atoms with E-state index in [0.717, 1.165) is 37.8 Å². The molecule has 1 saturated heterocycles. The molecule has 9 heteroatoms. The molecule has 1 aliphatic heterocycles. The summed E-state index contributed by atoms with van der Waals surface area (Å²) in [4.78, 5) is 3.52. The number of methoxy groups -OCH3 is 1. The third-order valence-electron chi connectivity index (χ3n) is 5.11. The fourth-order valence-electron chi connectivity index (χ4n) is 3.51. The van der Waals surface area contributed by atoms with Crippen molar-refractivity contribution >= 4 is 10.0 Å². The third kappa shape index (κ3) is 3.16. The van der Waals surface area contributed by atoms with E-state index >= 15 is 0 Å². The molecule has 0 N–H and O–H groups in total. The molecule has 0 unspecified atom stereocenters. The summed E-state index contributed by atoms with van der Waals surface area (Å²) in [5.41, 5.74) is -0.806. The zero-order valence-electron chi connectivity index (χ0n) is 13.2. The molecule has 1 saturated carbocycles. The van der Waals surface area contributed by atoms with Crippen LogP contribution in [0.4, 0.5) is 13.2 Å². The largest absolute Gasteiger partial charge is 0.417 e. The summed E-state index contributed by atoms with van der Waals surface area (Å²) < 4.78 is 69.3. The molecule has 0 amide bonds. The van der Waals surface area contributed by atoms with E-state index in [1.807, 2.05) is 0 Å². The van der Waals surface area contributed by atoms with Crippen LogP contribution >= 0.6 is 0 Å². The molecule has 1 aliphatic carbocycles. The van der Waals surface area contributed by atoms with E-state index < -0.39 is 21.8 Å². The summed E-state index contributed by atoms with van der Waals surface area (Å²) in [6, 6.07) is 1.67. The molecule has 2 aliphatic rings. The van der Waals surface area contributed by atoms with Gasteiger partial charge < -0.3 is 4.74 Å². The molecule has 1 spiro atoms. The summed E-state index contributed by atoms with van der Waals surface area (Å²) in [5.74, 6) is 0. The Kier molecular flexibility index (Phi) is 4.38. The fourth-order valence-corrected chi connectivity index (χ4v) is 4.87. The number of hydrogen-bond acceptors (Lipinski definition) is 4. The predicted molar refractivity (Wildman–Crippen MR) is 79.7 cm³/mol. The molecular weight excluding hydrogens is 345 g/mol. The lowest BCUT2D eigenvalue weighted by Crippen LogP contribution is -2.50. The number of piperidine rings is 1. The molecule has 0 atom stereocenters. The van der Waals surface area contributed by atoms with E-state index in [2.05, 4.69) is 4.98 Å². The van der Waals surface area contributed by atoms with E-state index in [-0.39, 0.29) is 16.5 Å². The number of hydrogen-bond donors (Lipinski definition) is 0. The van der Waals surface area contributed by atoms with Crippen LogP contribution < -0.4 is 0 Å². The first-order valence-electron chi connectivity index (χ1n) is 7.73. The van der Waals surface area contributed by atoms with Crippen molar-refractivity contribution in [3.8, 4) is 0 Å². The van der Waals surface area contributed by atoms with Crippen LogP contribution in [-0.4, -0.2) is 44.0 Å². The molecule has 0 radical (unpaired) electrons. The standard InChI is InChI=1S/C15H19F3N2O3S/c1-23-12-8-14(9-12)4-6-20(7-5-14)24(21,22)13-3-2-11(10-19-13)15(16,17)18/h2-3,10,12H,4-9H2,1H3. The van der Waals surface area contributed by atoms with Crippen LogP contribution in [0.25, 0.3) is 0 Å². The van der Waals surface area contributed by atoms with Gasteiger partial charge in [-0.1, -0.05) is 0 Å². The Morgan fingerprint density at radius 3 is 2.33 bits per heavy atom. The van der Waals surface area contributed by atoms with E-state index in [1.165, 1.54) is 4.31 Å². The maximum atomic E-state index is 12.6. The lowest BCUT2D eigenvalue weighted by atomic mass is 9.62. The SMILES string of the molecule is COC1CC2(CCN(S(=O)(=O)c3ccc(C(F)(F)F)cn3)CC2)C1. The fraction of sp³-hybridized carbons (Fsp3) is 0.667. The highest BCUT2D eigenvalue weighted by atomic mass is 32.2. The van der Waals surface area contributed by atoms with Crippen molar-refractivity contribution in [2.24, 2.45) is 5.41 Å². The second-order valence-corrected chi connectivity index (χ2v) is 8.44. The highest BCUT2D eigenvalue weighted by Crippen LogP contribution is 2.50. The Bertz CT molecular complexity index is 688. The van der Waals surface area contributed by atoms with Crippen molar-refractivity contribution in [2.75, 3.05) is 20.2 Å². The van der Waals surface area contributed by atoms with Gasteiger partial charge >= 0.3 is 6.18 Å². The second-order valence-electron chi connectivity index (χ2n) is 6.55. The lowest BCUT2D eigenvalue weighted by molar-refractivity contribution is -0.137. The molecule has 134 valence electrons. The Morgan fingerprint density at radius 1 is 1.25 bits per heavy atom.